The standard InChI is InChI=1S/C21H22F2N2O3/c22-17-3-1-2-15(12-17)4-7-21(27)24-19(14-26)16-5-6-18(23)20(13-16)25-8-10-28-11-9-25/h1-7,12-13,19,26H,8-11,14H2,(H,24,27)/t19-/m0/s1. The number of rotatable bonds is 6. The van der Waals surface area contributed by atoms with Gasteiger partial charge < -0.3 is 20.1 Å². The van der Waals surface area contributed by atoms with Gasteiger partial charge in [0.15, 0.2) is 0 Å². The first-order valence-corrected chi connectivity index (χ1v) is 9.04. The number of anilines is 1. The molecule has 2 N–H and O–H groups in total. The van der Waals surface area contributed by atoms with Crippen molar-refractivity contribution in [3.05, 3.63) is 71.3 Å². The van der Waals surface area contributed by atoms with Crippen molar-refractivity contribution in [1.82, 2.24) is 5.32 Å². The van der Waals surface area contributed by atoms with Gasteiger partial charge in [-0.2, -0.15) is 0 Å². The average molecular weight is 388 g/mol. The molecule has 1 saturated heterocycles. The summed E-state index contributed by atoms with van der Waals surface area (Å²) in [5.41, 5.74) is 1.56. The molecule has 148 valence electrons. The fourth-order valence-corrected chi connectivity index (χ4v) is 3.03. The number of hydrogen-bond acceptors (Lipinski definition) is 4. The molecule has 2 aromatic rings. The summed E-state index contributed by atoms with van der Waals surface area (Å²) in [6.45, 7) is 1.86. The summed E-state index contributed by atoms with van der Waals surface area (Å²) in [6.07, 6.45) is 2.75. The normalized spacial score (nSPS) is 15.6. The van der Waals surface area contributed by atoms with Crippen molar-refractivity contribution in [1.29, 1.82) is 0 Å². The maximum atomic E-state index is 14.3. The van der Waals surface area contributed by atoms with Crippen LogP contribution in [0, 0.1) is 11.6 Å². The van der Waals surface area contributed by atoms with E-state index in [1.165, 1.54) is 36.4 Å². The van der Waals surface area contributed by atoms with E-state index in [-0.39, 0.29) is 12.4 Å². The van der Waals surface area contributed by atoms with Gasteiger partial charge >= 0.3 is 0 Å². The number of aliphatic hydroxyl groups excluding tert-OH is 1. The van der Waals surface area contributed by atoms with Crippen LogP contribution in [-0.2, 0) is 9.53 Å². The van der Waals surface area contributed by atoms with Crippen LogP contribution < -0.4 is 10.2 Å². The van der Waals surface area contributed by atoms with Crippen molar-refractivity contribution in [2.45, 2.75) is 6.04 Å². The number of hydrogen-bond donors (Lipinski definition) is 2. The molecule has 1 aliphatic heterocycles. The Hall–Kier alpha value is -2.77. The van der Waals surface area contributed by atoms with E-state index in [1.807, 2.05) is 4.90 Å². The lowest BCUT2D eigenvalue weighted by molar-refractivity contribution is -0.117. The summed E-state index contributed by atoms with van der Waals surface area (Å²) < 4.78 is 32.7. The monoisotopic (exact) mass is 388 g/mol. The third-order valence-corrected chi connectivity index (χ3v) is 4.50. The van der Waals surface area contributed by atoms with E-state index in [2.05, 4.69) is 5.32 Å². The minimum Gasteiger partial charge on any atom is -0.394 e. The largest absolute Gasteiger partial charge is 0.394 e. The summed E-state index contributed by atoms with van der Waals surface area (Å²) in [5, 5.41) is 12.4. The van der Waals surface area contributed by atoms with Gasteiger partial charge in [0, 0.05) is 19.2 Å². The Morgan fingerprint density at radius 2 is 2.00 bits per heavy atom. The lowest BCUT2D eigenvalue weighted by Gasteiger charge is -2.30. The lowest BCUT2D eigenvalue weighted by Crippen LogP contribution is -2.37. The fourth-order valence-electron chi connectivity index (χ4n) is 3.03. The minimum atomic E-state index is -0.690. The number of ether oxygens (including phenoxy) is 1. The Labute approximate surface area is 162 Å². The summed E-state index contributed by atoms with van der Waals surface area (Å²) in [4.78, 5) is 14.1. The Balaban J connectivity index is 1.71. The highest BCUT2D eigenvalue weighted by atomic mass is 19.1. The van der Waals surface area contributed by atoms with Crippen LogP contribution in [0.5, 0.6) is 0 Å². The maximum absolute atomic E-state index is 14.3. The van der Waals surface area contributed by atoms with Crippen LogP contribution in [0.3, 0.4) is 0 Å². The first-order chi connectivity index (χ1) is 13.6. The smallest absolute Gasteiger partial charge is 0.244 e. The predicted molar refractivity (Wildman–Crippen MR) is 103 cm³/mol. The third-order valence-electron chi connectivity index (χ3n) is 4.50. The van der Waals surface area contributed by atoms with E-state index < -0.39 is 17.8 Å². The van der Waals surface area contributed by atoms with E-state index in [9.17, 15) is 18.7 Å². The second-order valence-electron chi connectivity index (χ2n) is 6.44. The number of aliphatic hydroxyl groups is 1. The summed E-state index contributed by atoms with van der Waals surface area (Å²) >= 11 is 0. The molecule has 0 unspecified atom stereocenters. The number of nitrogens with one attached hydrogen (secondary N) is 1. The van der Waals surface area contributed by atoms with Crippen molar-refractivity contribution < 1.29 is 23.4 Å². The van der Waals surface area contributed by atoms with Gasteiger partial charge in [-0.3, -0.25) is 4.79 Å². The minimum absolute atomic E-state index is 0.340. The fraction of sp³-hybridized carbons (Fsp3) is 0.286. The molecule has 1 atom stereocenters. The molecule has 0 spiro atoms. The molecule has 5 nitrogen and oxygen atoms in total. The molecule has 1 fully saturated rings. The van der Waals surface area contributed by atoms with Crippen LogP contribution in [0.25, 0.3) is 6.08 Å². The van der Waals surface area contributed by atoms with Gasteiger partial charge in [-0.15, -0.1) is 0 Å². The van der Waals surface area contributed by atoms with Crippen molar-refractivity contribution in [3.63, 3.8) is 0 Å². The Bertz CT molecular complexity index is 851. The van der Waals surface area contributed by atoms with Crippen LogP contribution in [0.2, 0.25) is 0 Å². The SMILES string of the molecule is O=C(C=Cc1cccc(F)c1)N[C@@H](CO)c1ccc(F)c(N2CCOCC2)c1. The van der Waals surface area contributed by atoms with Crippen molar-refractivity contribution in [2.75, 3.05) is 37.8 Å². The number of carbonyl (C=O) groups is 1. The molecule has 3 rings (SSSR count). The van der Waals surface area contributed by atoms with Gasteiger partial charge in [-0.05, 0) is 41.5 Å². The molecule has 1 amide bonds. The number of benzene rings is 2. The summed E-state index contributed by atoms with van der Waals surface area (Å²) in [7, 11) is 0. The van der Waals surface area contributed by atoms with E-state index in [1.54, 1.807) is 18.2 Å². The van der Waals surface area contributed by atoms with Gasteiger partial charge in [0.25, 0.3) is 0 Å². The molecule has 1 aliphatic rings. The van der Waals surface area contributed by atoms with Crippen LogP contribution in [0.4, 0.5) is 14.5 Å². The number of amides is 1. The number of morpholine rings is 1. The molecule has 2 aromatic carbocycles. The molecule has 0 aromatic heterocycles. The van der Waals surface area contributed by atoms with Gasteiger partial charge in [0.1, 0.15) is 11.6 Å². The van der Waals surface area contributed by atoms with E-state index in [0.717, 1.165) is 0 Å². The molecule has 0 radical (unpaired) electrons. The van der Waals surface area contributed by atoms with Gasteiger partial charge in [0.05, 0.1) is 31.5 Å². The molecule has 0 aliphatic carbocycles. The van der Waals surface area contributed by atoms with Crippen LogP contribution in [0.1, 0.15) is 17.2 Å². The van der Waals surface area contributed by atoms with E-state index in [0.29, 0.717) is 43.1 Å². The van der Waals surface area contributed by atoms with Gasteiger partial charge in [-0.25, -0.2) is 8.78 Å². The predicted octanol–water partition coefficient (Wildman–Crippen LogP) is 2.66. The second kappa shape index (κ2) is 9.43. The Kier molecular flexibility index (Phi) is 6.73. The molecule has 7 heteroatoms. The Morgan fingerprint density at radius 3 is 2.71 bits per heavy atom. The first kappa shape index (κ1) is 20.0. The molecule has 1 heterocycles. The first-order valence-electron chi connectivity index (χ1n) is 9.04. The number of carbonyl (C=O) groups excluding carboxylic acids is 1. The highest BCUT2D eigenvalue weighted by Gasteiger charge is 2.19. The zero-order valence-electron chi connectivity index (χ0n) is 15.3. The van der Waals surface area contributed by atoms with E-state index in [4.69, 9.17) is 4.74 Å². The summed E-state index contributed by atoms with van der Waals surface area (Å²) in [6, 6.07) is 9.67. The maximum Gasteiger partial charge on any atom is 0.244 e. The molecule has 0 saturated carbocycles. The molecular weight excluding hydrogens is 366 g/mol. The number of nitrogens with zero attached hydrogens (tertiary/aromatic N) is 1. The van der Waals surface area contributed by atoms with Crippen LogP contribution >= 0.6 is 0 Å². The second-order valence-corrected chi connectivity index (χ2v) is 6.44. The van der Waals surface area contributed by atoms with E-state index >= 15 is 0 Å². The topological polar surface area (TPSA) is 61.8 Å². The van der Waals surface area contributed by atoms with Crippen LogP contribution in [-0.4, -0.2) is 43.9 Å². The molecular formula is C21H22F2N2O3. The lowest BCUT2D eigenvalue weighted by atomic mass is 10.1. The van der Waals surface area contributed by atoms with Crippen molar-refractivity contribution >= 4 is 17.7 Å². The van der Waals surface area contributed by atoms with Gasteiger partial charge in [0.2, 0.25) is 5.91 Å². The Morgan fingerprint density at radius 1 is 1.21 bits per heavy atom. The quantitative estimate of drug-likeness (QED) is 0.747. The molecule has 28 heavy (non-hydrogen) atoms. The van der Waals surface area contributed by atoms with Crippen LogP contribution in [0.15, 0.2) is 48.5 Å². The molecule has 0 bridgehead atoms. The summed E-state index contributed by atoms with van der Waals surface area (Å²) in [5.74, 6) is -1.20. The highest BCUT2D eigenvalue weighted by Crippen LogP contribution is 2.25. The van der Waals surface area contributed by atoms with Gasteiger partial charge in [-0.1, -0.05) is 18.2 Å². The zero-order chi connectivity index (χ0) is 19.9. The number of halogens is 2. The third kappa shape index (κ3) is 5.15. The van der Waals surface area contributed by atoms with Crippen molar-refractivity contribution in [2.24, 2.45) is 0 Å². The van der Waals surface area contributed by atoms with Crippen molar-refractivity contribution in [3.8, 4) is 0 Å². The average Bonchev–Trinajstić information content (AvgIpc) is 2.72. The highest BCUT2D eigenvalue weighted by molar-refractivity contribution is 5.92. The zero-order valence-corrected chi connectivity index (χ0v) is 15.3.